The molecule has 1 aliphatic heterocycles. The van der Waals surface area contributed by atoms with E-state index in [0.717, 1.165) is 6.07 Å². The number of halogens is 2. The van der Waals surface area contributed by atoms with Crippen molar-refractivity contribution in [3.8, 4) is 0 Å². The molecule has 0 aliphatic carbocycles. The van der Waals surface area contributed by atoms with E-state index in [4.69, 9.17) is 0 Å². The van der Waals surface area contributed by atoms with Crippen LogP contribution in [0.2, 0.25) is 0 Å². The number of thioether (sulfide) groups is 1. The topological polar surface area (TPSA) is 74.8 Å². The molecule has 2 aromatic rings. The molecular weight excluding hydrogens is 336 g/mol. The van der Waals surface area contributed by atoms with Crippen molar-refractivity contribution in [3.05, 3.63) is 64.0 Å². The van der Waals surface area contributed by atoms with Crippen LogP contribution in [0.1, 0.15) is 23.5 Å². The van der Waals surface area contributed by atoms with Gasteiger partial charge < -0.3 is 10.3 Å². The Balaban J connectivity index is 2.13. The van der Waals surface area contributed by atoms with E-state index in [-0.39, 0.29) is 23.4 Å². The predicted molar refractivity (Wildman–Crippen MR) is 87.2 cm³/mol. The Morgan fingerprint density at radius 3 is 2.92 bits per heavy atom. The molecule has 124 valence electrons. The van der Waals surface area contributed by atoms with E-state index in [2.05, 4.69) is 21.9 Å². The zero-order valence-electron chi connectivity index (χ0n) is 12.4. The molecule has 0 bridgehead atoms. The third-order valence-corrected chi connectivity index (χ3v) is 4.49. The number of hydrogen-bond acceptors (Lipinski definition) is 4. The van der Waals surface area contributed by atoms with Crippen molar-refractivity contribution in [2.24, 2.45) is 0 Å². The summed E-state index contributed by atoms with van der Waals surface area (Å²) in [7, 11) is 0. The van der Waals surface area contributed by atoms with Crippen LogP contribution in [-0.2, 0) is 4.79 Å². The number of aromatic amines is 1. The molecule has 0 fully saturated rings. The third-order valence-electron chi connectivity index (χ3n) is 3.62. The van der Waals surface area contributed by atoms with Crippen LogP contribution in [0.15, 0.2) is 40.8 Å². The van der Waals surface area contributed by atoms with Crippen LogP contribution in [0.5, 0.6) is 0 Å². The van der Waals surface area contributed by atoms with Crippen LogP contribution in [0.3, 0.4) is 0 Å². The van der Waals surface area contributed by atoms with Gasteiger partial charge in [0.05, 0.1) is 5.56 Å². The van der Waals surface area contributed by atoms with E-state index >= 15 is 0 Å². The quantitative estimate of drug-likeness (QED) is 0.506. The molecule has 8 heteroatoms. The Morgan fingerprint density at radius 2 is 2.17 bits per heavy atom. The van der Waals surface area contributed by atoms with Crippen molar-refractivity contribution in [2.45, 2.75) is 17.5 Å². The van der Waals surface area contributed by atoms with Gasteiger partial charge in [-0.25, -0.2) is 13.8 Å². The Hall–Kier alpha value is -2.48. The lowest BCUT2D eigenvalue weighted by Crippen LogP contribution is -2.31. The van der Waals surface area contributed by atoms with Gasteiger partial charge in [-0.2, -0.15) is 0 Å². The van der Waals surface area contributed by atoms with Gasteiger partial charge in [-0.3, -0.25) is 9.59 Å². The van der Waals surface area contributed by atoms with Gasteiger partial charge in [0.1, 0.15) is 5.82 Å². The summed E-state index contributed by atoms with van der Waals surface area (Å²) < 4.78 is 27.7. The van der Waals surface area contributed by atoms with Crippen molar-refractivity contribution >= 4 is 23.5 Å². The second-order valence-electron chi connectivity index (χ2n) is 5.18. The van der Waals surface area contributed by atoms with Gasteiger partial charge in [0, 0.05) is 18.1 Å². The molecule has 3 rings (SSSR count). The monoisotopic (exact) mass is 349 g/mol. The van der Waals surface area contributed by atoms with Crippen molar-refractivity contribution in [1.29, 1.82) is 0 Å². The number of benzene rings is 1. The maximum absolute atomic E-state index is 14.1. The van der Waals surface area contributed by atoms with Crippen molar-refractivity contribution < 1.29 is 13.6 Å². The first kappa shape index (κ1) is 16.4. The first-order valence-electron chi connectivity index (χ1n) is 7.13. The number of rotatable bonds is 4. The summed E-state index contributed by atoms with van der Waals surface area (Å²) in [4.78, 5) is 31.2. The summed E-state index contributed by atoms with van der Waals surface area (Å²) in [6.45, 7) is 3.58. The maximum Gasteiger partial charge on any atom is 0.257 e. The number of fused-ring (bicyclic) bond motifs is 1. The second kappa shape index (κ2) is 6.56. The zero-order chi connectivity index (χ0) is 17.3. The minimum absolute atomic E-state index is 0.0371. The Labute approximate surface area is 140 Å². The minimum atomic E-state index is -1.06. The van der Waals surface area contributed by atoms with E-state index in [1.807, 2.05) is 0 Å². The Kier molecular flexibility index (Phi) is 4.48. The average Bonchev–Trinajstić information content (AvgIpc) is 2.54. The summed E-state index contributed by atoms with van der Waals surface area (Å²) in [5.41, 5.74) is -0.396. The molecular formula is C16H13F2N3O2S. The van der Waals surface area contributed by atoms with Crippen LogP contribution < -0.4 is 10.9 Å². The molecule has 0 saturated heterocycles. The number of nitrogens with one attached hydrogen (secondary N) is 2. The molecule has 5 nitrogen and oxygen atoms in total. The largest absolute Gasteiger partial charge is 0.310 e. The van der Waals surface area contributed by atoms with E-state index in [9.17, 15) is 18.4 Å². The summed E-state index contributed by atoms with van der Waals surface area (Å²) in [5.74, 6) is -2.78. The SMILES string of the molecule is C=CCSc1nc2c(c(=O)[nH]1)C(c1cccc(F)c1F)CC(=O)N2. The lowest BCUT2D eigenvalue weighted by Gasteiger charge is -2.24. The maximum atomic E-state index is 14.1. The molecule has 0 spiro atoms. The molecule has 1 aromatic carbocycles. The zero-order valence-corrected chi connectivity index (χ0v) is 13.3. The number of H-pyrrole nitrogens is 1. The number of amides is 1. The number of aromatic nitrogens is 2. The van der Waals surface area contributed by atoms with Gasteiger partial charge in [0.2, 0.25) is 5.91 Å². The van der Waals surface area contributed by atoms with Gasteiger partial charge >= 0.3 is 0 Å². The average molecular weight is 349 g/mol. The van der Waals surface area contributed by atoms with Gasteiger partial charge in [0.25, 0.3) is 5.56 Å². The Bertz CT molecular complexity index is 882. The van der Waals surface area contributed by atoms with Crippen molar-refractivity contribution in [3.63, 3.8) is 0 Å². The van der Waals surface area contributed by atoms with Crippen LogP contribution in [0, 0.1) is 11.6 Å². The van der Waals surface area contributed by atoms with Crippen LogP contribution in [-0.4, -0.2) is 21.6 Å². The first-order valence-corrected chi connectivity index (χ1v) is 8.11. The summed E-state index contributed by atoms with van der Waals surface area (Å²) in [5, 5.41) is 2.84. The number of carbonyl (C=O) groups is 1. The highest BCUT2D eigenvalue weighted by atomic mass is 32.2. The van der Waals surface area contributed by atoms with Crippen molar-refractivity contribution in [1.82, 2.24) is 9.97 Å². The molecule has 2 N–H and O–H groups in total. The third kappa shape index (κ3) is 2.96. The molecule has 1 atom stereocenters. The lowest BCUT2D eigenvalue weighted by atomic mass is 9.86. The van der Waals surface area contributed by atoms with E-state index in [1.165, 1.54) is 23.9 Å². The molecule has 1 amide bonds. The van der Waals surface area contributed by atoms with Gasteiger partial charge in [-0.15, -0.1) is 6.58 Å². The minimum Gasteiger partial charge on any atom is -0.310 e. The first-order chi connectivity index (χ1) is 11.5. The summed E-state index contributed by atoms with van der Waals surface area (Å²) in [6, 6.07) is 3.70. The van der Waals surface area contributed by atoms with Crippen LogP contribution in [0.4, 0.5) is 14.6 Å². The van der Waals surface area contributed by atoms with Gasteiger partial charge in [0.15, 0.2) is 16.8 Å². The fraction of sp³-hybridized carbons (Fsp3) is 0.188. The number of hydrogen-bond donors (Lipinski definition) is 2. The fourth-order valence-corrected chi connectivity index (χ4v) is 3.21. The smallest absolute Gasteiger partial charge is 0.257 e. The molecule has 1 aliphatic rings. The lowest BCUT2D eigenvalue weighted by molar-refractivity contribution is -0.116. The van der Waals surface area contributed by atoms with Gasteiger partial charge in [-0.05, 0) is 11.6 Å². The molecule has 0 saturated carbocycles. The highest BCUT2D eigenvalue weighted by Gasteiger charge is 2.33. The van der Waals surface area contributed by atoms with E-state index in [1.54, 1.807) is 6.08 Å². The van der Waals surface area contributed by atoms with E-state index in [0.29, 0.717) is 10.9 Å². The standard InChI is InChI=1S/C16H13F2N3O2S/c1-2-6-24-16-20-14-12(15(23)21-16)9(7-11(22)19-14)8-4-3-5-10(17)13(8)18/h2-5,9H,1,6-7H2,(H2,19,20,21,22,23). The molecule has 1 unspecified atom stereocenters. The highest BCUT2D eigenvalue weighted by molar-refractivity contribution is 7.99. The normalized spacial score (nSPS) is 16.4. The van der Waals surface area contributed by atoms with Gasteiger partial charge in [-0.1, -0.05) is 30.0 Å². The van der Waals surface area contributed by atoms with E-state index < -0.39 is 29.0 Å². The summed E-state index contributed by atoms with van der Waals surface area (Å²) >= 11 is 1.24. The summed E-state index contributed by atoms with van der Waals surface area (Å²) in [6.07, 6.45) is 1.49. The number of nitrogens with zero attached hydrogens (tertiary/aromatic N) is 1. The Morgan fingerprint density at radius 1 is 1.38 bits per heavy atom. The fourth-order valence-electron chi connectivity index (χ4n) is 2.61. The number of anilines is 1. The molecule has 2 heterocycles. The molecule has 1 aromatic heterocycles. The van der Waals surface area contributed by atoms with Crippen LogP contribution in [0.25, 0.3) is 0 Å². The second-order valence-corrected chi connectivity index (χ2v) is 6.19. The van der Waals surface area contributed by atoms with Crippen molar-refractivity contribution in [2.75, 3.05) is 11.1 Å². The molecule has 24 heavy (non-hydrogen) atoms. The predicted octanol–water partition coefficient (Wildman–Crippen LogP) is 2.80. The highest BCUT2D eigenvalue weighted by Crippen LogP contribution is 2.36. The van der Waals surface area contributed by atoms with Crippen LogP contribution >= 0.6 is 11.8 Å². The molecule has 0 radical (unpaired) electrons. The number of carbonyl (C=O) groups excluding carboxylic acids is 1.